The summed E-state index contributed by atoms with van der Waals surface area (Å²) in [7, 11) is 0. The van der Waals surface area contributed by atoms with E-state index in [0.29, 0.717) is 0 Å². The van der Waals surface area contributed by atoms with Crippen molar-refractivity contribution in [3.8, 4) is 0 Å². The molecule has 0 saturated carbocycles. The zero-order valence-corrected chi connectivity index (χ0v) is 12.3. The van der Waals surface area contributed by atoms with Gasteiger partial charge in [-0.3, -0.25) is 4.79 Å². The smallest absolute Gasteiger partial charge is 0.261 e. The number of fused-ring (bicyclic) bond motifs is 1. The van der Waals surface area contributed by atoms with Crippen molar-refractivity contribution in [1.82, 2.24) is 0 Å². The number of nitrogens with zero attached hydrogens (tertiary/aromatic N) is 1. The van der Waals surface area contributed by atoms with Crippen LogP contribution in [0.15, 0.2) is 42.5 Å². The minimum atomic E-state index is -0.449. The van der Waals surface area contributed by atoms with Gasteiger partial charge in [-0.2, -0.15) is 0 Å². The molecule has 0 N–H and O–H groups in total. The third-order valence-corrected chi connectivity index (χ3v) is 4.10. The molecule has 1 atom stereocenters. The van der Waals surface area contributed by atoms with E-state index in [1.807, 2.05) is 38.1 Å². The monoisotopic (exact) mass is 283 g/mol. The van der Waals surface area contributed by atoms with Crippen LogP contribution in [0.2, 0.25) is 0 Å². The lowest BCUT2D eigenvalue weighted by molar-refractivity contribution is 0.0971. The molecule has 2 nitrogen and oxygen atoms in total. The third-order valence-electron chi connectivity index (χ3n) is 4.10. The molecule has 0 radical (unpaired) electrons. The summed E-state index contributed by atoms with van der Waals surface area (Å²) in [5, 5.41) is 0. The van der Waals surface area contributed by atoms with Crippen molar-refractivity contribution >= 4 is 11.6 Å². The first-order valence-corrected chi connectivity index (χ1v) is 7.25. The Bertz CT molecular complexity index is 695. The summed E-state index contributed by atoms with van der Waals surface area (Å²) < 4.78 is 14.1. The van der Waals surface area contributed by atoms with Crippen LogP contribution in [0.3, 0.4) is 0 Å². The normalized spacial score (nSPS) is 17.5. The van der Waals surface area contributed by atoms with E-state index < -0.39 is 5.82 Å². The van der Waals surface area contributed by atoms with E-state index >= 15 is 0 Å². The van der Waals surface area contributed by atoms with Crippen LogP contribution >= 0.6 is 0 Å². The van der Waals surface area contributed by atoms with Gasteiger partial charge >= 0.3 is 0 Å². The topological polar surface area (TPSA) is 20.3 Å². The van der Waals surface area contributed by atoms with Gasteiger partial charge in [-0.15, -0.1) is 0 Å². The van der Waals surface area contributed by atoms with Crippen molar-refractivity contribution in [2.45, 2.75) is 32.7 Å². The van der Waals surface area contributed by atoms with Crippen LogP contribution in [0.5, 0.6) is 0 Å². The van der Waals surface area contributed by atoms with Crippen LogP contribution in [-0.4, -0.2) is 11.9 Å². The van der Waals surface area contributed by atoms with Crippen molar-refractivity contribution in [3.05, 3.63) is 65.0 Å². The minimum Gasteiger partial charge on any atom is -0.305 e. The Labute approximate surface area is 124 Å². The summed E-state index contributed by atoms with van der Waals surface area (Å²) in [6.07, 6.45) is 1.85. The van der Waals surface area contributed by atoms with Crippen molar-refractivity contribution < 1.29 is 9.18 Å². The first-order chi connectivity index (χ1) is 10.1. The van der Waals surface area contributed by atoms with Gasteiger partial charge < -0.3 is 4.90 Å². The maximum atomic E-state index is 14.1. The first kappa shape index (κ1) is 13.8. The van der Waals surface area contributed by atoms with E-state index in [1.54, 1.807) is 17.0 Å². The number of rotatable bonds is 1. The number of carbonyl (C=O) groups excluding carboxylic acids is 1. The summed E-state index contributed by atoms with van der Waals surface area (Å²) in [6, 6.07) is 12.7. The van der Waals surface area contributed by atoms with Crippen LogP contribution in [0.4, 0.5) is 10.1 Å². The summed E-state index contributed by atoms with van der Waals surface area (Å²) in [5.41, 5.74) is 3.01. The number of carbonyl (C=O) groups is 1. The SMILES string of the molecule is Cc1ccc(C(=O)N2c3ccccc3CCC2C)c(F)c1. The second-order valence-electron chi connectivity index (χ2n) is 5.67. The highest BCUT2D eigenvalue weighted by molar-refractivity contribution is 6.07. The van der Waals surface area contributed by atoms with Crippen molar-refractivity contribution in [3.63, 3.8) is 0 Å². The molecule has 21 heavy (non-hydrogen) atoms. The number of hydrogen-bond donors (Lipinski definition) is 0. The molecule has 0 spiro atoms. The number of aryl methyl sites for hydroxylation is 2. The third kappa shape index (κ3) is 2.44. The zero-order chi connectivity index (χ0) is 15.0. The number of anilines is 1. The number of halogens is 1. The van der Waals surface area contributed by atoms with E-state index in [0.717, 1.165) is 29.7 Å². The molecule has 108 valence electrons. The van der Waals surface area contributed by atoms with Gasteiger partial charge in [-0.1, -0.05) is 24.3 Å². The maximum absolute atomic E-state index is 14.1. The molecule has 1 aliphatic heterocycles. The Balaban J connectivity index is 2.05. The predicted octanol–water partition coefficient (Wildman–Crippen LogP) is 4.12. The lowest BCUT2D eigenvalue weighted by Gasteiger charge is -2.35. The molecule has 1 unspecified atom stereocenters. The van der Waals surface area contributed by atoms with E-state index in [1.165, 1.54) is 6.07 Å². The molecular weight excluding hydrogens is 265 g/mol. The molecule has 1 amide bonds. The summed E-state index contributed by atoms with van der Waals surface area (Å²) in [6.45, 7) is 3.83. The van der Waals surface area contributed by atoms with Gasteiger partial charge in [-0.05, 0) is 56.0 Å². The van der Waals surface area contributed by atoms with Gasteiger partial charge in [0.1, 0.15) is 5.82 Å². The highest BCUT2D eigenvalue weighted by Gasteiger charge is 2.29. The Kier molecular flexibility index (Phi) is 3.50. The van der Waals surface area contributed by atoms with Crippen LogP contribution < -0.4 is 4.90 Å². The molecule has 0 aliphatic carbocycles. The summed E-state index contributed by atoms with van der Waals surface area (Å²) in [5.74, 6) is -0.706. The van der Waals surface area contributed by atoms with Gasteiger partial charge in [-0.25, -0.2) is 4.39 Å². The van der Waals surface area contributed by atoms with Crippen molar-refractivity contribution in [2.24, 2.45) is 0 Å². The van der Waals surface area contributed by atoms with Crippen molar-refractivity contribution in [1.29, 1.82) is 0 Å². The standard InChI is InChI=1S/C18H18FNO/c1-12-7-10-15(16(19)11-12)18(21)20-13(2)8-9-14-5-3-4-6-17(14)20/h3-7,10-11,13H,8-9H2,1-2H3. The predicted molar refractivity (Wildman–Crippen MR) is 82.2 cm³/mol. The van der Waals surface area contributed by atoms with Gasteiger partial charge in [0.05, 0.1) is 5.56 Å². The van der Waals surface area contributed by atoms with Gasteiger partial charge in [0.25, 0.3) is 5.91 Å². The lowest BCUT2D eigenvalue weighted by Crippen LogP contribution is -2.42. The average Bonchev–Trinajstić information content (AvgIpc) is 2.46. The molecule has 0 fully saturated rings. The maximum Gasteiger partial charge on any atom is 0.261 e. The number of para-hydroxylation sites is 1. The molecule has 1 heterocycles. The largest absolute Gasteiger partial charge is 0.305 e. The highest BCUT2D eigenvalue weighted by atomic mass is 19.1. The number of hydrogen-bond acceptors (Lipinski definition) is 1. The Hall–Kier alpha value is -2.16. The number of amides is 1. The van der Waals surface area contributed by atoms with E-state index in [4.69, 9.17) is 0 Å². The molecule has 1 aliphatic rings. The van der Waals surface area contributed by atoms with E-state index in [2.05, 4.69) is 0 Å². The average molecular weight is 283 g/mol. The van der Waals surface area contributed by atoms with Crippen LogP contribution in [0.25, 0.3) is 0 Å². The minimum absolute atomic E-state index is 0.0769. The van der Waals surface area contributed by atoms with E-state index in [-0.39, 0.29) is 17.5 Å². The molecule has 0 bridgehead atoms. The Morgan fingerprint density at radius 3 is 2.76 bits per heavy atom. The lowest BCUT2D eigenvalue weighted by atomic mass is 9.95. The van der Waals surface area contributed by atoms with Crippen LogP contribution in [0.1, 0.15) is 34.8 Å². The number of benzene rings is 2. The van der Waals surface area contributed by atoms with Gasteiger partial charge in [0.15, 0.2) is 0 Å². The fraction of sp³-hybridized carbons (Fsp3) is 0.278. The highest BCUT2D eigenvalue weighted by Crippen LogP contribution is 2.32. The fourth-order valence-electron chi connectivity index (χ4n) is 2.92. The molecule has 2 aromatic rings. The molecule has 3 rings (SSSR count). The van der Waals surface area contributed by atoms with E-state index in [9.17, 15) is 9.18 Å². The van der Waals surface area contributed by atoms with Crippen molar-refractivity contribution in [2.75, 3.05) is 4.90 Å². The second kappa shape index (κ2) is 5.32. The molecule has 2 aromatic carbocycles. The zero-order valence-electron chi connectivity index (χ0n) is 12.3. The quantitative estimate of drug-likeness (QED) is 0.771. The molecule has 0 aromatic heterocycles. The van der Waals surface area contributed by atoms with Crippen LogP contribution in [0, 0.1) is 12.7 Å². The Morgan fingerprint density at radius 1 is 1.24 bits per heavy atom. The molecule has 3 heteroatoms. The van der Waals surface area contributed by atoms with Crippen LogP contribution in [-0.2, 0) is 6.42 Å². The summed E-state index contributed by atoms with van der Waals surface area (Å²) in [4.78, 5) is 14.5. The van der Waals surface area contributed by atoms with Gasteiger partial charge in [0, 0.05) is 11.7 Å². The summed E-state index contributed by atoms with van der Waals surface area (Å²) >= 11 is 0. The second-order valence-corrected chi connectivity index (χ2v) is 5.67. The fourth-order valence-corrected chi connectivity index (χ4v) is 2.92. The first-order valence-electron chi connectivity index (χ1n) is 7.25. The Morgan fingerprint density at radius 2 is 2.00 bits per heavy atom. The van der Waals surface area contributed by atoms with Gasteiger partial charge in [0.2, 0.25) is 0 Å². The molecular formula is C18H18FNO. The molecule has 0 saturated heterocycles.